The van der Waals surface area contributed by atoms with E-state index in [4.69, 9.17) is 28.9 Å². The van der Waals surface area contributed by atoms with Crippen LogP contribution in [0.4, 0.5) is 23.0 Å². The Morgan fingerprint density at radius 3 is 2.74 bits per heavy atom. The minimum absolute atomic E-state index is 0.0540. The third-order valence-corrected chi connectivity index (χ3v) is 2.78. The number of hydrogen-bond acceptors (Lipinski definition) is 6. The molecule has 1 heterocycles. The van der Waals surface area contributed by atoms with Crippen molar-refractivity contribution < 1.29 is 4.92 Å². The van der Waals surface area contributed by atoms with E-state index in [1.807, 2.05) is 0 Å². The fraction of sp³-hybridized carbons (Fsp3) is 0. The van der Waals surface area contributed by atoms with Crippen LogP contribution >= 0.6 is 23.2 Å². The van der Waals surface area contributed by atoms with Gasteiger partial charge < -0.3 is 11.1 Å². The molecule has 0 fully saturated rings. The number of nitrogens with zero attached hydrogens (tertiary/aromatic N) is 3. The first-order valence-corrected chi connectivity index (χ1v) is 5.71. The Labute approximate surface area is 117 Å². The molecule has 0 aliphatic rings. The lowest BCUT2D eigenvalue weighted by molar-refractivity contribution is -0.383. The Hall–Kier alpha value is -2.12. The van der Waals surface area contributed by atoms with E-state index in [9.17, 15) is 10.1 Å². The van der Waals surface area contributed by atoms with Crippen LogP contribution in [0, 0.1) is 10.1 Å². The van der Waals surface area contributed by atoms with Crippen molar-refractivity contribution >= 4 is 46.2 Å². The van der Waals surface area contributed by atoms with Crippen molar-refractivity contribution in [3.8, 4) is 0 Å². The number of benzene rings is 1. The molecule has 0 atom stereocenters. The van der Waals surface area contributed by atoms with E-state index in [0.29, 0.717) is 15.7 Å². The zero-order chi connectivity index (χ0) is 14.0. The van der Waals surface area contributed by atoms with Gasteiger partial charge in [-0.15, -0.1) is 0 Å². The number of rotatable bonds is 3. The first-order chi connectivity index (χ1) is 8.99. The van der Waals surface area contributed by atoms with Crippen molar-refractivity contribution in [2.45, 2.75) is 0 Å². The number of nitrogens with two attached hydrogens (primary N) is 1. The van der Waals surface area contributed by atoms with Crippen LogP contribution in [0.25, 0.3) is 0 Å². The first kappa shape index (κ1) is 13.3. The average Bonchev–Trinajstić information content (AvgIpc) is 2.33. The van der Waals surface area contributed by atoms with Crippen molar-refractivity contribution in [3.05, 3.63) is 44.7 Å². The van der Waals surface area contributed by atoms with Gasteiger partial charge in [-0.2, -0.15) is 0 Å². The largest absolute Gasteiger partial charge is 0.378 e. The van der Waals surface area contributed by atoms with Gasteiger partial charge in [0.1, 0.15) is 6.33 Å². The lowest BCUT2D eigenvalue weighted by Crippen LogP contribution is -2.05. The number of nitro groups is 1. The van der Waals surface area contributed by atoms with Crippen molar-refractivity contribution in [1.82, 2.24) is 9.97 Å². The van der Waals surface area contributed by atoms with Gasteiger partial charge in [0, 0.05) is 5.02 Å². The summed E-state index contributed by atoms with van der Waals surface area (Å²) in [5.74, 6) is -0.290. The van der Waals surface area contributed by atoms with Gasteiger partial charge in [-0.05, 0) is 18.2 Å². The van der Waals surface area contributed by atoms with Gasteiger partial charge in [0.15, 0.2) is 0 Å². The van der Waals surface area contributed by atoms with Gasteiger partial charge in [0.05, 0.1) is 15.6 Å². The zero-order valence-electron chi connectivity index (χ0n) is 9.30. The predicted molar refractivity (Wildman–Crippen MR) is 72.8 cm³/mol. The molecule has 7 nitrogen and oxygen atoms in total. The Morgan fingerprint density at radius 1 is 1.32 bits per heavy atom. The summed E-state index contributed by atoms with van der Waals surface area (Å²) in [5.41, 5.74) is 5.42. The standard InChI is InChI=1S/C10H7Cl2N5O2/c11-5-1-2-6(12)7(3-5)16-10-8(17(18)19)9(13)14-4-15-10/h1-4H,(H3,13,14,15,16). The van der Waals surface area contributed by atoms with Crippen LogP contribution in [-0.4, -0.2) is 14.9 Å². The van der Waals surface area contributed by atoms with E-state index < -0.39 is 10.6 Å². The number of aromatic nitrogens is 2. The maximum absolute atomic E-state index is 10.9. The first-order valence-electron chi connectivity index (χ1n) is 4.96. The molecule has 0 bridgehead atoms. The quantitative estimate of drug-likeness (QED) is 0.666. The summed E-state index contributed by atoms with van der Waals surface area (Å²) in [5, 5.41) is 14.4. The van der Waals surface area contributed by atoms with E-state index in [1.54, 1.807) is 12.1 Å². The van der Waals surface area contributed by atoms with Crippen LogP contribution in [0.5, 0.6) is 0 Å². The van der Waals surface area contributed by atoms with E-state index in [2.05, 4.69) is 15.3 Å². The summed E-state index contributed by atoms with van der Waals surface area (Å²) < 4.78 is 0. The predicted octanol–water partition coefficient (Wildman–Crippen LogP) is 3.02. The summed E-state index contributed by atoms with van der Waals surface area (Å²) in [6, 6.07) is 4.67. The molecule has 19 heavy (non-hydrogen) atoms. The molecule has 1 aromatic heterocycles. The molecule has 0 spiro atoms. The van der Waals surface area contributed by atoms with Crippen molar-refractivity contribution in [3.63, 3.8) is 0 Å². The highest BCUT2D eigenvalue weighted by Crippen LogP contribution is 2.33. The number of halogens is 2. The van der Waals surface area contributed by atoms with Crippen LogP contribution in [0.2, 0.25) is 10.0 Å². The molecule has 0 saturated heterocycles. The van der Waals surface area contributed by atoms with Crippen molar-refractivity contribution in [1.29, 1.82) is 0 Å². The summed E-state index contributed by atoms with van der Waals surface area (Å²) in [4.78, 5) is 17.6. The zero-order valence-corrected chi connectivity index (χ0v) is 10.8. The second-order valence-corrected chi connectivity index (χ2v) is 4.31. The summed E-state index contributed by atoms with van der Waals surface area (Å²) in [7, 11) is 0. The van der Waals surface area contributed by atoms with Gasteiger partial charge in [-0.3, -0.25) is 10.1 Å². The van der Waals surface area contributed by atoms with Gasteiger partial charge in [0.25, 0.3) is 0 Å². The lowest BCUT2D eigenvalue weighted by atomic mass is 10.3. The maximum atomic E-state index is 10.9. The summed E-state index contributed by atoms with van der Waals surface area (Å²) in [6.07, 6.45) is 1.11. The number of hydrogen-bond donors (Lipinski definition) is 2. The highest BCUT2D eigenvalue weighted by atomic mass is 35.5. The molecular formula is C10H7Cl2N5O2. The Balaban J connectivity index is 2.46. The van der Waals surface area contributed by atoms with Crippen LogP contribution in [0.15, 0.2) is 24.5 Å². The molecule has 98 valence electrons. The maximum Gasteiger partial charge on any atom is 0.353 e. The third kappa shape index (κ3) is 2.83. The molecule has 0 radical (unpaired) electrons. The topological polar surface area (TPSA) is 107 Å². The van der Waals surface area contributed by atoms with Gasteiger partial charge in [0.2, 0.25) is 11.6 Å². The second kappa shape index (κ2) is 5.25. The molecule has 1 aromatic carbocycles. The Bertz CT molecular complexity index is 650. The molecule has 0 saturated carbocycles. The third-order valence-electron chi connectivity index (χ3n) is 2.21. The molecular weight excluding hydrogens is 293 g/mol. The van der Waals surface area contributed by atoms with Crippen LogP contribution in [0.3, 0.4) is 0 Å². The molecule has 2 aromatic rings. The normalized spacial score (nSPS) is 10.2. The van der Waals surface area contributed by atoms with E-state index >= 15 is 0 Å². The molecule has 0 aliphatic carbocycles. The highest BCUT2D eigenvalue weighted by molar-refractivity contribution is 6.35. The number of nitrogens with one attached hydrogen (secondary N) is 1. The molecule has 0 amide bonds. The van der Waals surface area contributed by atoms with Gasteiger partial charge >= 0.3 is 5.69 Å². The molecule has 0 unspecified atom stereocenters. The lowest BCUT2D eigenvalue weighted by Gasteiger charge is -2.08. The highest BCUT2D eigenvalue weighted by Gasteiger charge is 2.21. The van der Waals surface area contributed by atoms with E-state index in [-0.39, 0.29) is 11.6 Å². The Morgan fingerprint density at radius 2 is 2.05 bits per heavy atom. The van der Waals surface area contributed by atoms with Crippen molar-refractivity contribution in [2.75, 3.05) is 11.1 Å². The minimum Gasteiger partial charge on any atom is -0.378 e. The molecule has 3 N–H and O–H groups in total. The van der Waals surface area contributed by atoms with E-state index in [1.165, 1.54) is 6.07 Å². The molecule has 9 heteroatoms. The SMILES string of the molecule is Nc1ncnc(Nc2cc(Cl)ccc2Cl)c1[N+](=O)[O-]. The number of anilines is 3. The number of nitrogen functional groups attached to an aromatic ring is 1. The fourth-order valence-corrected chi connectivity index (χ4v) is 1.72. The Kier molecular flexibility index (Phi) is 3.68. The fourth-order valence-electron chi connectivity index (χ4n) is 1.38. The smallest absolute Gasteiger partial charge is 0.353 e. The van der Waals surface area contributed by atoms with Crippen molar-refractivity contribution in [2.24, 2.45) is 0 Å². The summed E-state index contributed by atoms with van der Waals surface area (Å²) in [6.45, 7) is 0. The van der Waals surface area contributed by atoms with Gasteiger partial charge in [-0.25, -0.2) is 9.97 Å². The average molecular weight is 300 g/mol. The van der Waals surface area contributed by atoms with Gasteiger partial charge in [-0.1, -0.05) is 23.2 Å². The van der Waals surface area contributed by atoms with Crippen LogP contribution in [0.1, 0.15) is 0 Å². The molecule has 2 rings (SSSR count). The minimum atomic E-state index is -0.671. The van der Waals surface area contributed by atoms with Crippen LogP contribution in [-0.2, 0) is 0 Å². The monoisotopic (exact) mass is 299 g/mol. The van der Waals surface area contributed by atoms with E-state index in [0.717, 1.165) is 6.33 Å². The van der Waals surface area contributed by atoms with Crippen LogP contribution < -0.4 is 11.1 Å². The summed E-state index contributed by atoms with van der Waals surface area (Å²) >= 11 is 11.8. The second-order valence-electron chi connectivity index (χ2n) is 3.46. The molecule has 0 aliphatic heterocycles.